The van der Waals surface area contributed by atoms with Crippen molar-refractivity contribution in [1.29, 1.82) is 0 Å². The van der Waals surface area contributed by atoms with Crippen LogP contribution in [0.3, 0.4) is 0 Å². The van der Waals surface area contributed by atoms with Crippen LogP contribution in [-0.4, -0.2) is 27.0 Å². The number of amides is 1. The summed E-state index contributed by atoms with van der Waals surface area (Å²) in [5.74, 6) is -0.194. The van der Waals surface area contributed by atoms with E-state index in [1.807, 2.05) is 24.3 Å². The van der Waals surface area contributed by atoms with E-state index in [4.69, 9.17) is 4.74 Å². The second-order valence-corrected chi connectivity index (χ2v) is 9.60. The van der Waals surface area contributed by atoms with Gasteiger partial charge < -0.3 is 10.1 Å². The first-order chi connectivity index (χ1) is 12.5. The zero-order chi connectivity index (χ0) is 20.2. The Labute approximate surface area is 168 Å². The van der Waals surface area contributed by atoms with Crippen molar-refractivity contribution in [1.82, 2.24) is 10.0 Å². The Morgan fingerprint density at radius 2 is 1.85 bits per heavy atom. The summed E-state index contributed by atoms with van der Waals surface area (Å²) in [6.07, 6.45) is 0. The molecular weight excluding hydrogens is 432 g/mol. The van der Waals surface area contributed by atoms with Crippen LogP contribution in [0.5, 0.6) is 5.75 Å². The maximum Gasteiger partial charge on any atom is 0.251 e. The van der Waals surface area contributed by atoms with Gasteiger partial charge in [-0.05, 0) is 56.7 Å². The zero-order valence-electron chi connectivity index (χ0n) is 15.7. The molecule has 2 aromatic rings. The standard InChI is InChI=1S/C19H23BrN2O4S/c1-19(2,3)22-27(24,25)17-11-14(8-9-16(17)26-4)18(23)21-12-13-6-5-7-15(20)10-13/h5-11,22H,12H2,1-4H3,(H,21,23). The first-order valence-electron chi connectivity index (χ1n) is 8.26. The molecule has 146 valence electrons. The number of hydrogen-bond donors (Lipinski definition) is 2. The number of nitrogens with one attached hydrogen (secondary N) is 2. The summed E-state index contributed by atoms with van der Waals surface area (Å²) in [4.78, 5) is 12.4. The average molecular weight is 455 g/mol. The third-order valence-electron chi connectivity index (χ3n) is 3.50. The van der Waals surface area contributed by atoms with Crippen molar-refractivity contribution in [3.63, 3.8) is 0 Å². The quantitative estimate of drug-likeness (QED) is 0.699. The Hall–Kier alpha value is -1.90. The highest BCUT2D eigenvalue weighted by molar-refractivity contribution is 9.10. The highest BCUT2D eigenvalue weighted by Gasteiger charge is 2.26. The first kappa shape index (κ1) is 21.4. The number of sulfonamides is 1. The average Bonchev–Trinajstić information content (AvgIpc) is 2.57. The van der Waals surface area contributed by atoms with Gasteiger partial charge in [-0.3, -0.25) is 4.79 Å². The van der Waals surface area contributed by atoms with Crippen molar-refractivity contribution in [3.8, 4) is 5.75 Å². The van der Waals surface area contributed by atoms with Gasteiger partial charge in [0.25, 0.3) is 5.91 Å². The molecule has 0 fully saturated rings. The molecule has 0 aliphatic heterocycles. The molecule has 0 aromatic heterocycles. The third-order valence-corrected chi connectivity index (χ3v) is 5.77. The molecule has 0 aliphatic rings. The lowest BCUT2D eigenvalue weighted by Crippen LogP contribution is -2.40. The van der Waals surface area contributed by atoms with Crippen LogP contribution in [0.15, 0.2) is 51.8 Å². The summed E-state index contributed by atoms with van der Waals surface area (Å²) < 4.78 is 34.0. The molecule has 0 radical (unpaired) electrons. The van der Waals surface area contributed by atoms with Gasteiger partial charge in [0.15, 0.2) is 0 Å². The van der Waals surface area contributed by atoms with Gasteiger partial charge in [-0.25, -0.2) is 13.1 Å². The monoisotopic (exact) mass is 454 g/mol. The van der Waals surface area contributed by atoms with Gasteiger partial charge in [0.2, 0.25) is 10.0 Å². The molecule has 2 rings (SSSR count). The van der Waals surface area contributed by atoms with Gasteiger partial charge >= 0.3 is 0 Å². The fraction of sp³-hybridized carbons (Fsp3) is 0.316. The van der Waals surface area contributed by atoms with E-state index in [0.29, 0.717) is 6.54 Å². The van der Waals surface area contributed by atoms with Gasteiger partial charge in [-0.1, -0.05) is 28.1 Å². The SMILES string of the molecule is COc1ccc(C(=O)NCc2cccc(Br)c2)cc1S(=O)(=O)NC(C)(C)C. The number of carbonyl (C=O) groups is 1. The van der Waals surface area contributed by atoms with Gasteiger partial charge in [-0.2, -0.15) is 0 Å². The maximum atomic E-state index is 12.7. The number of carbonyl (C=O) groups excluding carboxylic acids is 1. The molecule has 0 spiro atoms. The van der Waals surface area contributed by atoms with Crippen LogP contribution in [0.4, 0.5) is 0 Å². The van der Waals surface area contributed by atoms with Crippen LogP contribution < -0.4 is 14.8 Å². The summed E-state index contributed by atoms with van der Waals surface area (Å²) in [7, 11) is -2.46. The first-order valence-corrected chi connectivity index (χ1v) is 10.5. The lowest BCUT2D eigenvalue weighted by Gasteiger charge is -2.21. The van der Waals surface area contributed by atoms with E-state index in [-0.39, 0.29) is 22.1 Å². The molecule has 2 aromatic carbocycles. The Kier molecular flexibility index (Phi) is 6.67. The fourth-order valence-corrected chi connectivity index (χ4v) is 4.48. The largest absolute Gasteiger partial charge is 0.495 e. The highest BCUT2D eigenvalue weighted by Crippen LogP contribution is 2.26. The summed E-state index contributed by atoms with van der Waals surface area (Å²) in [6.45, 7) is 5.55. The number of benzene rings is 2. The molecular formula is C19H23BrN2O4S. The van der Waals surface area contributed by atoms with Crippen LogP contribution >= 0.6 is 15.9 Å². The lowest BCUT2D eigenvalue weighted by atomic mass is 10.1. The lowest BCUT2D eigenvalue weighted by molar-refractivity contribution is 0.0950. The van der Waals surface area contributed by atoms with E-state index in [2.05, 4.69) is 26.0 Å². The Balaban J connectivity index is 2.26. The van der Waals surface area contributed by atoms with Crippen LogP contribution in [0, 0.1) is 0 Å². The van der Waals surface area contributed by atoms with Gasteiger partial charge in [0.05, 0.1) is 7.11 Å². The van der Waals surface area contributed by atoms with Crippen molar-refractivity contribution in [2.24, 2.45) is 0 Å². The van der Waals surface area contributed by atoms with Crippen molar-refractivity contribution in [3.05, 3.63) is 58.1 Å². The van der Waals surface area contributed by atoms with Crippen LogP contribution in [0.1, 0.15) is 36.7 Å². The number of rotatable bonds is 6. The maximum absolute atomic E-state index is 12.7. The van der Waals surface area contributed by atoms with E-state index < -0.39 is 15.6 Å². The van der Waals surface area contributed by atoms with E-state index in [1.54, 1.807) is 20.8 Å². The second-order valence-electron chi connectivity index (χ2n) is 7.03. The van der Waals surface area contributed by atoms with Crippen LogP contribution in [0.2, 0.25) is 0 Å². The van der Waals surface area contributed by atoms with Crippen LogP contribution in [0.25, 0.3) is 0 Å². The minimum atomic E-state index is -3.85. The molecule has 0 saturated carbocycles. The predicted octanol–water partition coefficient (Wildman–Crippen LogP) is 3.46. The molecule has 0 heterocycles. The molecule has 6 nitrogen and oxygen atoms in total. The zero-order valence-corrected chi connectivity index (χ0v) is 18.1. The number of hydrogen-bond acceptors (Lipinski definition) is 4. The Morgan fingerprint density at radius 3 is 2.44 bits per heavy atom. The molecule has 0 saturated heterocycles. The van der Waals surface area contributed by atoms with E-state index >= 15 is 0 Å². The van der Waals surface area contributed by atoms with Crippen molar-refractivity contribution < 1.29 is 17.9 Å². The molecule has 1 amide bonds. The molecule has 8 heteroatoms. The van der Waals surface area contributed by atoms with Crippen molar-refractivity contribution >= 4 is 31.9 Å². The van der Waals surface area contributed by atoms with Crippen molar-refractivity contribution in [2.45, 2.75) is 37.8 Å². The summed E-state index contributed by atoms with van der Waals surface area (Å²) >= 11 is 3.38. The summed E-state index contributed by atoms with van der Waals surface area (Å²) in [5.41, 5.74) is 0.497. The fourth-order valence-electron chi connectivity index (χ4n) is 2.42. The number of ether oxygens (including phenoxy) is 1. The smallest absolute Gasteiger partial charge is 0.251 e. The van der Waals surface area contributed by atoms with E-state index in [0.717, 1.165) is 10.0 Å². The Morgan fingerprint density at radius 1 is 1.15 bits per heavy atom. The summed E-state index contributed by atoms with van der Waals surface area (Å²) in [5, 5.41) is 2.79. The Bertz CT molecular complexity index is 937. The van der Waals surface area contributed by atoms with Gasteiger partial charge in [0.1, 0.15) is 10.6 Å². The molecule has 27 heavy (non-hydrogen) atoms. The molecule has 0 aliphatic carbocycles. The number of methoxy groups -OCH3 is 1. The summed E-state index contributed by atoms with van der Waals surface area (Å²) in [6, 6.07) is 11.9. The molecule has 0 unspecified atom stereocenters. The molecule has 0 atom stereocenters. The molecule has 0 bridgehead atoms. The minimum Gasteiger partial charge on any atom is -0.495 e. The third kappa shape index (κ3) is 6.05. The van der Waals surface area contributed by atoms with Gasteiger partial charge in [-0.15, -0.1) is 0 Å². The van der Waals surface area contributed by atoms with E-state index in [1.165, 1.54) is 25.3 Å². The highest BCUT2D eigenvalue weighted by atomic mass is 79.9. The van der Waals surface area contributed by atoms with E-state index in [9.17, 15) is 13.2 Å². The number of halogens is 1. The predicted molar refractivity (Wildman–Crippen MR) is 108 cm³/mol. The minimum absolute atomic E-state index is 0.0740. The van der Waals surface area contributed by atoms with Crippen molar-refractivity contribution in [2.75, 3.05) is 7.11 Å². The second kappa shape index (κ2) is 8.41. The normalized spacial score (nSPS) is 11.9. The van der Waals surface area contributed by atoms with Crippen LogP contribution in [-0.2, 0) is 16.6 Å². The topological polar surface area (TPSA) is 84.5 Å². The molecule has 2 N–H and O–H groups in total. The van der Waals surface area contributed by atoms with Gasteiger partial charge in [0, 0.05) is 22.1 Å².